The summed E-state index contributed by atoms with van der Waals surface area (Å²) in [5.74, 6) is 0.599. The molecule has 1 amide bonds. The highest BCUT2D eigenvalue weighted by Gasteiger charge is 2.16. The van der Waals surface area contributed by atoms with Gasteiger partial charge in [0.15, 0.2) is 0 Å². The summed E-state index contributed by atoms with van der Waals surface area (Å²) < 4.78 is 0.686. The molecule has 0 heterocycles. The van der Waals surface area contributed by atoms with Crippen molar-refractivity contribution in [1.29, 1.82) is 0 Å². The van der Waals surface area contributed by atoms with Crippen LogP contribution in [0.4, 0.5) is 5.69 Å². The largest absolute Gasteiger partial charge is 0.398 e. The second-order valence-corrected chi connectivity index (χ2v) is 5.72. The Bertz CT molecular complexity index is 428. The van der Waals surface area contributed by atoms with Gasteiger partial charge in [-0.1, -0.05) is 25.3 Å². The molecule has 0 bridgehead atoms. The lowest BCUT2D eigenvalue weighted by molar-refractivity contribution is 0.0943. The number of carbonyl (C=O) groups is 1. The summed E-state index contributed by atoms with van der Waals surface area (Å²) in [7, 11) is 0. The summed E-state index contributed by atoms with van der Waals surface area (Å²) >= 11 is 3.36. The van der Waals surface area contributed by atoms with Crippen molar-refractivity contribution in [1.82, 2.24) is 5.32 Å². The van der Waals surface area contributed by atoms with Crippen LogP contribution in [-0.4, -0.2) is 12.5 Å². The average Bonchev–Trinajstić information content (AvgIpc) is 2.40. The third-order valence-corrected chi connectivity index (χ3v) is 4.43. The molecule has 0 aliphatic heterocycles. The Kier molecular flexibility index (Phi) is 4.64. The number of amides is 1. The lowest BCUT2D eigenvalue weighted by Gasteiger charge is -2.21. The summed E-state index contributed by atoms with van der Waals surface area (Å²) in [5, 5.41) is 3.01. The van der Waals surface area contributed by atoms with E-state index in [1.807, 2.05) is 0 Å². The van der Waals surface area contributed by atoms with Gasteiger partial charge in [-0.05, 0) is 46.8 Å². The van der Waals surface area contributed by atoms with Crippen molar-refractivity contribution in [3.63, 3.8) is 0 Å². The minimum absolute atomic E-state index is 0.0419. The van der Waals surface area contributed by atoms with Crippen LogP contribution in [0.15, 0.2) is 22.7 Å². The molecule has 4 heteroatoms. The van der Waals surface area contributed by atoms with E-state index in [-0.39, 0.29) is 5.91 Å². The Hall–Kier alpha value is -1.03. The number of halogens is 1. The normalized spacial score (nSPS) is 16.5. The first-order chi connectivity index (χ1) is 8.68. The van der Waals surface area contributed by atoms with E-state index in [2.05, 4.69) is 21.2 Å². The molecule has 3 nitrogen and oxygen atoms in total. The van der Waals surface area contributed by atoms with Gasteiger partial charge in [0.25, 0.3) is 5.91 Å². The average molecular weight is 311 g/mol. The van der Waals surface area contributed by atoms with Gasteiger partial charge in [0.2, 0.25) is 0 Å². The SMILES string of the molecule is Nc1cccc(C(=O)NCC2CCCCC2)c1Br. The van der Waals surface area contributed by atoms with E-state index >= 15 is 0 Å². The molecule has 3 N–H and O–H groups in total. The maximum absolute atomic E-state index is 12.1. The van der Waals surface area contributed by atoms with Crippen LogP contribution in [-0.2, 0) is 0 Å². The molecule has 1 saturated carbocycles. The first kappa shape index (κ1) is 13.4. The molecule has 1 aromatic carbocycles. The maximum atomic E-state index is 12.1. The summed E-state index contributed by atoms with van der Waals surface area (Å²) in [5.41, 5.74) is 6.98. The smallest absolute Gasteiger partial charge is 0.252 e. The van der Waals surface area contributed by atoms with Crippen LogP contribution in [0.25, 0.3) is 0 Å². The molecule has 1 aromatic rings. The van der Waals surface area contributed by atoms with Crippen molar-refractivity contribution in [2.24, 2.45) is 5.92 Å². The Morgan fingerprint density at radius 2 is 2.06 bits per heavy atom. The zero-order valence-corrected chi connectivity index (χ0v) is 12.0. The quantitative estimate of drug-likeness (QED) is 0.841. The number of nitrogens with two attached hydrogens (primary N) is 1. The topological polar surface area (TPSA) is 55.1 Å². The molecule has 0 aromatic heterocycles. The highest BCUT2D eigenvalue weighted by Crippen LogP contribution is 2.25. The first-order valence-electron chi connectivity index (χ1n) is 6.50. The molecule has 0 spiro atoms. The van der Waals surface area contributed by atoms with Gasteiger partial charge in [-0.25, -0.2) is 0 Å². The first-order valence-corrected chi connectivity index (χ1v) is 7.30. The van der Waals surface area contributed by atoms with Gasteiger partial charge >= 0.3 is 0 Å². The molecule has 2 rings (SSSR count). The Morgan fingerprint density at radius 3 is 2.78 bits per heavy atom. The number of carbonyl (C=O) groups excluding carboxylic acids is 1. The molecule has 0 radical (unpaired) electrons. The molecule has 0 saturated heterocycles. The fourth-order valence-electron chi connectivity index (χ4n) is 2.45. The van der Waals surface area contributed by atoms with Crippen LogP contribution in [0.2, 0.25) is 0 Å². The third-order valence-electron chi connectivity index (χ3n) is 3.55. The third kappa shape index (κ3) is 3.25. The van der Waals surface area contributed by atoms with Crippen molar-refractivity contribution in [2.75, 3.05) is 12.3 Å². The molecular formula is C14H19BrN2O. The van der Waals surface area contributed by atoms with Crippen LogP contribution in [0.1, 0.15) is 42.5 Å². The predicted molar refractivity (Wildman–Crippen MR) is 77.5 cm³/mol. The van der Waals surface area contributed by atoms with Crippen molar-refractivity contribution in [2.45, 2.75) is 32.1 Å². The molecule has 18 heavy (non-hydrogen) atoms. The van der Waals surface area contributed by atoms with Crippen molar-refractivity contribution in [3.8, 4) is 0 Å². The summed E-state index contributed by atoms with van der Waals surface area (Å²) in [6.07, 6.45) is 6.40. The fourth-order valence-corrected chi connectivity index (χ4v) is 2.89. The van der Waals surface area contributed by atoms with Crippen LogP contribution in [0.3, 0.4) is 0 Å². The number of rotatable bonds is 3. The Morgan fingerprint density at radius 1 is 1.33 bits per heavy atom. The molecule has 0 unspecified atom stereocenters. The van der Waals surface area contributed by atoms with E-state index in [4.69, 9.17) is 5.73 Å². The van der Waals surface area contributed by atoms with Gasteiger partial charge < -0.3 is 11.1 Å². The zero-order chi connectivity index (χ0) is 13.0. The van der Waals surface area contributed by atoms with Gasteiger partial charge in [0.05, 0.1) is 10.0 Å². The maximum Gasteiger partial charge on any atom is 0.252 e. The number of nitrogens with one attached hydrogen (secondary N) is 1. The molecular weight excluding hydrogens is 292 g/mol. The number of hydrogen-bond donors (Lipinski definition) is 2. The van der Waals surface area contributed by atoms with Gasteiger partial charge in [0.1, 0.15) is 0 Å². The minimum atomic E-state index is -0.0419. The lowest BCUT2D eigenvalue weighted by Crippen LogP contribution is -2.30. The van der Waals surface area contributed by atoms with Crippen molar-refractivity contribution in [3.05, 3.63) is 28.2 Å². The molecule has 1 fully saturated rings. The van der Waals surface area contributed by atoms with Crippen molar-refractivity contribution < 1.29 is 4.79 Å². The summed E-state index contributed by atoms with van der Waals surface area (Å²) in [6.45, 7) is 0.778. The van der Waals surface area contributed by atoms with E-state index in [0.29, 0.717) is 21.6 Å². The van der Waals surface area contributed by atoms with Gasteiger partial charge in [0, 0.05) is 12.2 Å². The standard InChI is InChI=1S/C14H19BrN2O/c15-13-11(7-4-8-12(13)16)14(18)17-9-10-5-2-1-3-6-10/h4,7-8,10H,1-3,5-6,9,16H2,(H,17,18). The lowest BCUT2D eigenvalue weighted by atomic mass is 9.89. The second kappa shape index (κ2) is 6.23. The van der Waals surface area contributed by atoms with Gasteiger partial charge in [-0.2, -0.15) is 0 Å². The molecule has 1 aliphatic rings. The Balaban J connectivity index is 1.93. The monoisotopic (exact) mass is 310 g/mol. The number of hydrogen-bond acceptors (Lipinski definition) is 2. The van der Waals surface area contributed by atoms with Crippen LogP contribution in [0, 0.1) is 5.92 Å². The van der Waals surface area contributed by atoms with Gasteiger partial charge in [-0.3, -0.25) is 4.79 Å². The highest BCUT2D eigenvalue weighted by molar-refractivity contribution is 9.10. The van der Waals surface area contributed by atoms with E-state index < -0.39 is 0 Å². The van der Waals surface area contributed by atoms with Gasteiger partial charge in [-0.15, -0.1) is 0 Å². The van der Waals surface area contributed by atoms with Crippen LogP contribution < -0.4 is 11.1 Å². The molecule has 0 atom stereocenters. The van der Waals surface area contributed by atoms with Crippen LogP contribution >= 0.6 is 15.9 Å². The predicted octanol–water partition coefficient (Wildman–Crippen LogP) is 3.34. The van der Waals surface area contributed by atoms with Crippen molar-refractivity contribution >= 4 is 27.5 Å². The molecule has 98 valence electrons. The highest BCUT2D eigenvalue weighted by atomic mass is 79.9. The number of nitrogen functional groups attached to an aromatic ring is 1. The van der Waals surface area contributed by atoms with E-state index in [9.17, 15) is 4.79 Å². The number of benzene rings is 1. The van der Waals surface area contributed by atoms with Crippen LogP contribution in [0.5, 0.6) is 0 Å². The molecule has 1 aliphatic carbocycles. The van der Waals surface area contributed by atoms with E-state index in [0.717, 1.165) is 6.54 Å². The zero-order valence-electron chi connectivity index (χ0n) is 10.4. The summed E-state index contributed by atoms with van der Waals surface area (Å²) in [4.78, 5) is 12.1. The van der Waals surface area contributed by atoms with E-state index in [1.165, 1.54) is 32.1 Å². The second-order valence-electron chi connectivity index (χ2n) is 4.92. The number of anilines is 1. The van der Waals surface area contributed by atoms with E-state index in [1.54, 1.807) is 18.2 Å². The fraction of sp³-hybridized carbons (Fsp3) is 0.500. The summed E-state index contributed by atoms with van der Waals surface area (Å²) in [6, 6.07) is 5.37. The Labute approximate surface area is 116 Å². The minimum Gasteiger partial charge on any atom is -0.398 e.